The Bertz CT molecular complexity index is 1720. The van der Waals surface area contributed by atoms with Crippen LogP contribution in [0.2, 0.25) is 0 Å². The number of carboxylic acids is 1. The first-order chi connectivity index (χ1) is 23.7. The molecule has 50 heavy (non-hydrogen) atoms. The topological polar surface area (TPSA) is 157 Å². The van der Waals surface area contributed by atoms with E-state index < -0.39 is 70.7 Å². The molecule has 4 aliphatic rings. The van der Waals surface area contributed by atoms with E-state index in [9.17, 15) is 33.5 Å². The average Bonchev–Trinajstić information content (AvgIpc) is 3.35. The summed E-state index contributed by atoms with van der Waals surface area (Å²) in [5.74, 6) is -3.34. The van der Waals surface area contributed by atoms with Crippen molar-refractivity contribution in [2.75, 3.05) is 11.9 Å². The number of benzene rings is 2. The molecule has 5 atom stereocenters. The van der Waals surface area contributed by atoms with E-state index >= 15 is 0 Å². The predicted molar refractivity (Wildman–Crippen MR) is 182 cm³/mol. The molecule has 1 unspecified atom stereocenters. The van der Waals surface area contributed by atoms with Crippen molar-refractivity contribution in [1.82, 2.24) is 20.4 Å². The van der Waals surface area contributed by atoms with Crippen molar-refractivity contribution in [2.24, 2.45) is 11.3 Å². The van der Waals surface area contributed by atoms with Crippen LogP contribution in [0.3, 0.4) is 0 Å². The van der Waals surface area contributed by atoms with Gasteiger partial charge in [-0.2, -0.15) is 0 Å². The number of fused-ring (bicyclic) bond motifs is 1. The minimum Gasteiger partial charge on any atom is -0.479 e. The van der Waals surface area contributed by atoms with Crippen LogP contribution in [0.25, 0.3) is 11.1 Å². The molecular formula is C37H44FN5O7. The van der Waals surface area contributed by atoms with Crippen LogP contribution in [-0.2, 0) is 25.7 Å². The molecule has 0 spiro atoms. The number of rotatable bonds is 9. The Morgan fingerprint density at radius 3 is 2.44 bits per heavy atom. The monoisotopic (exact) mass is 689 g/mol. The summed E-state index contributed by atoms with van der Waals surface area (Å²) in [5.41, 5.74) is -0.283. The van der Waals surface area contributed by atoms with Crippen molar-refractivity contribution < 1.29 is 38.2 Å². The number of nitrogens with zero attached hydrogens (tertiary/aromatic N) is 2. The molecule has 1 saturated heterocycles. The highest BCUT2D eigenvalue weighted by atomic mass is 19.1. The fourth-order valence-corrected chi connectivity index (χ4v) is 7.49. The highest BCUT2D eigenvalue weighted by Gasteiger charge is 2.61. The zero-order chi connectivity index (χ0) is 36.0. The van der Waals surface area contributed by atoms with Gasteiger partial charge in [0, 0.05) is 30.1 Å². The van der Waals surface area contributed by atoms with Crippen molar-refractivity contribution in [3.8, 4) is 11.1 Å². The molecule has 0 aromatic heterocycles. The summed E-state index contributed by atoms with van der Waals surface area (Å²) in [5, 5.41) is 18.3. The van der Waals surface area contributed by atoms with Gasteiger partial charge in [0.25, 0.3) is 0 Å². The number of hydrogen-bond donors (Lipinski definition) is 4. The summed E-state index contributed by atoms with van der Waals surface area (Å²) in [4.78, 5) is 70.3. The van der Waals surface area contributed by atoms with E-state index in [4.69, 9.17) is 4.74 Å². The fourth-order valence-electron chi connectivity index (χ4n) is 7.49. The molecule has 12 nitrogen and oxygen atoms in total. The quantitative estimate of drug-likeness (QED) is 0.269. The first-order valence-corrected chi connectivity index (χ1v) is 17.1. The van der Waals surface area contributed by atoms with Gasteiger partial charge in [-0.05, 0) is 55.6 Å². The molecule has 2 saturated carbocycles. The Morgan fingerprint density at radius 1 is 1.10 bits per heavy atom. The zero-order valence-electron chi connectivity index (χ0n) is 28.5. The van der Waals surface area contributed by atoms with Crippen LogP contribution in [0.1, 0.15) is 64.9 Å². The maximum absolute atomic E-state index is 14.8. The van der Waals surface area contributed by atoms with Crippen LogP contribution in [0.4, 0.5) is 19.7 Å². The number of ether oxygens (including phenoxy) is 1. The first-order valence-electron chi connectivity index (χ1n) is 17.1. The Balaban J connectivity index is 1.28. The van der Waals surface area contributed by atoms with Crippen molar-refractivity contribution in [3.63, 3.8) is 0 Å². The number of anilines is 1. The van der Waals surface area contributed by atoms with Crippen LogP contribution in [-0.4, -0.2) is 81.1 Å². The molecule has 2 aliphatic heterocycles. The van der Waals surface area contributed by atoms with Crippen molar-refractivity contribution in [2.45, 2.75) is 95.6 Å². The van der Waals surface area contributed by atoms with Gasteiger partial charge in [0.1, 0.15) is 29.5 Å². The van der Waals surface area contributed by atoms with E-state index in [1.807, 2.05) is 6.07 Å². The molecule has 3 fully saturated rings. The molecule has 4 N–H and O–H groups in total. The smallest absolute Gasteiger partial charge is 0.408 e. The van der Waals surface area contributed by atoms with Gasteiger partial charge >= 0.3 is 18.1 Å². The molecule has 6 rings (SSSR count). The largest absolute Gasteiger partial charge is 0.479 e. The summed E-state index contributed by atoms with van der Waals surface area (Å²) in [7, 11) is 0. The minimum atomic E-state index is -1.54. The number of para-hydroxylation sites is 1. The number of urea groups is 1. The van der Waals surface area contributed by atoms with Crippen LogP contribution in [0.15, 0.2) is 55.1 Å². The van der Waals surface area contributed by atoms with Crippen LogP contribution >= 0.6 is 0 Å². The third-order valence-corrected chi connectivity index (χ3v) is 10.4. The third kappa shape index (κ3) is 6.65. The Morgan fingerprint density at radius 2 is 1.80 bits per heavy atom. The molecule has 13 heteroatoms. The second-order valence-electron chi connectivity index (χ2n) is 14.8. The Hall–Kier alpha value is -4.94. The van der Waals surface area contributed by atoms with Gasteiger partial charge in [0.2, 0.25) is 11.8 Å². The number of aliphatic carboxylic acids is 1. The zero-order valence-corrected chi connectivity index (χ0v) is 28.5. The van der Waals surface area contributed by atoms with Gasteiger partial charge in [0.15, 0.2) is 0 Å². The van der Waals surface area contributed by atoms with Gasteiger partial charge < -0.3 is 35.6 Å². The normalized spacial score (nSPS) is 25.3. The number of carbonyl (C=O) groups excluding carboxylic acids is 4. The second-order valence-corrected chi connectivity index (χ2v) is 14.8. The highest BCUT2D eigenvalue weighted by molar-refractivity contribution is 5.99. The second kappa shape index (κ2) is 13.4. The van der Waals surface area contributed by atoms with E-state index in [-0.39, 0.29) is 32.0 Å². The lowest BCUT2D eigenvalue weighted by molar-refractivity contribution is -0.146. The van der Waals surface area contributed by atoms with Gasteiger partial charge in [-0.1, -0.05) is 63.2 Å². The molecule has 0 radical (unpaired) electrons. The minimum absolute atomic E-state index is 0.0190. The molecule has 2 heterocycles. The van der Waals surface area contributed by atoms with E-state index in [1.165, 1.54) is 21.9 Å². The SMILES string of the molecule is C=C[C@@H]1C[C@]1(NC(=O)[C@@H]1CC(N2Cc3cccc(-c4ccccc4F)c3NC2=O)CN1C(=O)[C@@H](NC(=O)OC1CCCC1)C(C)(C)C)C(=O)O. The lowest BCUT2D eigenvalue weighted by atomic mass is 9.85. The number of nitrogens with one attached hydrogen (secondary N) is 3. The molecule has 2 aromatic carbocycles. The van der Waals surface area contributed by atoms with E-state index in [0.717, 1.165) is 31.2 Å². The summed E-state index contributed by atoms with van der Waals surface area (Å²) in [6.45, 7) is 9.12. The predicted octanol–water partition coefficient (Wildman–Crippen LogP) is 5.04. The van der Waals surface area contributed by atoms with Crippen LogP contribution < -0.4 is 16.0 Å². The number of likely N-dealkylation sites (tertiary alicyclic amines) is 1. The van der Waals surface area contributed by atoms with Crippen molar-refractivity contribution >= 4 is 35.6 Å². The Labute approximate surface area is 290 Å². The number of amides is 5. The summed E-state index contributed by atoms with van der Waals surface area (Å²) in [6, 6.07) is 8.24. The van der Waals surface area contributed by atoms with E-state index in [0.29, 0.717) is 16.8 Å². The fraction of sp³-hybridized carbons (Fsp3) is 0.486. The number of carboxylic acid groups (broad SMARTS) is 1. The average molecular weight is 690 g/mol. The van der Waals surface area contributed by atoms with Gasteiger partial charge in [-0.15, -0.1) is 6.58 Å². The van der Waals surface area contributed by atoms with E-state index in [2.05, 4.69) is 22.5 Å². The van der Waals surface area contributed by atoms with Crippen molar-refractivity contribution in [1.29, 1.82) is 0 Å². The van der Waals surface area contributed by atoms with Crippen LogP contribution in [0, 0.1) is 17.2 Å². The van der Waals surface area contributed by atoms with Gasteiger partial charge in [0.05, 0.1) is 11.7 Å². The summed E-state index contributed by atoms with van der Waals surface area (Å²) in [6.07, 6.45) is 4.11. The molecular weight excluding hydrogens is 645 g/mol. The van der Waals surface area contributed by atoms with Crippen LogP contribution in [0.5, 0.6) is 0 Å². The molecule has 266 valence electrons. The lowest BCUT2D eigenvalue weighted by Gasteiger charge is -2.36. The van der Waals surface area contributed by atoms with Crippen molar-refractivity contribution in [3.05, 3.63) is 66.5 Å². The number of halogens is 1. The number of alkyl carbamates (subject to hydrolysis) is 1. The number of hydrogen-bond acceptors (Lipinski definition) is 6. The summed E-state index contributed by atoms with van der Waals surface area (Å²) >= 11 is 0. The standard InChI is InChI=1S/C37H44FN5O7/c1-5-22-18-37(22,33(46)47)41-31(44)28-17-23(20-43(28)32(45)30(36(2,3)4)40-35(49)50-24-12-6-7-13-24)42-19-21-11-10-15-26(29(21)39-34(42)48)25-14-8-9-16-27(25)38/h5,8-11,14-16,22-24,28,30H,1,6-7,12-13,17-20H2,2-4H3,(H,39,48)(H,40,49)(H,41,44)(H,46,47)/t22-,23?,28+,30-,37-/m1/s1. The molecule has 2 aliphatic carbocycles. The number of carbonyl (C=O) groups is 5. The van der Waals surface area contributed by atoms with Gasteiger partial charge in [-0.25, -0.2) is 18.8 Å². The molecule has 0 bridgehead atoms. The first kappa shape index (κ1) is 34.9. The highest BCUT2D eigenvalue weighted by Crippen LogP contribution is 2.45. The molecule has 5 amide bonds. The van der Waals surface area contributed by atoms with Gasteiger partial charge in [-0.3, -0.25) is 9.59 Å². The van der Waals surface area contributed by atoms with E-state index in [1.54, 1.807) is 51.1 Å². The lowest BCUT2D eigenvalue weighted by Crippen LogP contribution is -2.59. The third-order valence-electron chi connectivity index (χ3n) is 10.4. The Kier molecular flexibility index (Phi) is 9.36. The maximum Gasteiger partial charge on any atom is 0.408 e. The molecule has 2 aromatic rings. The maximum atomic E-state index is 14.8. The summed E-state index contributed by atoms with van der Waals surface area (Å²) < 4.78 is 20.4.